The fourth-order valence-electron chi connectivity index (χ4n) is 2.89. The van der Waals surface area contributed by atoms with Crippen molar-refractivity contribution in [3.05, 3.63) is 96.1 Å². The van der Waals surface area contributed by atoms with E-state index in [1.54, 1.807) is 48.5 Å². The molecule has 0 bridgehead atoms. The molecule has 4 rings (SSSR count). The van der Waals surface area contributed by atoms with Gasteiger partial charge in [0.2, 0.25) is 0 Å². The van der Waals surface area contributed by atoms with Gasteiger partial charge in [0.05, 0.1) is 5.52 Å². The van der Waals surface area contributed by atoms with E-state index >= 15 is 0 Å². The number of aromatic nitrogens is 3. The summed E-state index contributed by atoms with van der Waals surface area (Å²) in [7, 11) is 0. The van der Waals surface area contributed by atoms with Gasteiger partial charge in [-0.1, -0.05) is 78.0 Å². The molecule has 8 heteroatoms. The lowest BCUT2D eigenvalue weighted by Gasteiger charge is -2.17. The minimum absolute atomic E-state index is 0.0771. The molecule has 30 heavy (non-hydrogen) atoms. The zero-order valence-corrected chi connectivity index (χ0v) is 15.8. The average molecular weight is 402 g/mol. The highest BCUT2D eigenvalue weighted by molar-refractivity contribution is 5.92. The van der Waals surface area contributed by atoms with Crippen molar-refractivity contribution in [3.8, 4) is 0 Å². The van der Waals surface area contributed by atoms with E-state index in [-0.39, 0.29) is 6.61 Å². The van der Waals surface area contributed by atoms with E-state index in [9.17, 15) is 9.59 Å². The molecule has 0 aliphatic rings. The Bertz CT molecular complexity index is 1150. The van der Waals surface area contributed by atoms with E-state index in [1.807, 2.05) is 36.4 Å². The molecule has 1 atom stereocenters. The Balaban J connectivity index is 1.49. The summed E-state index contributed by atoms with van der Waals surface area (Å²) < 4.78 is 6.29. The van der Waals surface area contributed by atoms with Gasteiger partial charge in [-0.05, 0) is 23.3 Å². The summed E-state index contributed by atoms with van der Waals surface area (Å²) in [5, 5.41) is 7.94. The lowest BCUT2D eigenvalue weighted by molar-refractivity contribution is -0.0208. The van der Waals surface area contributed by atoms with Crippen molar-refractivity contribution in [3.63, 3.8) is 0 Å². The SMILES string of the molecule is O=C(NO[C@H](C(=O)n1nnc2ccccc21)c1ccccc1)OCc1ccccc1. The molecule has 150 valence electrons. The number of para-hydroxylation sites is 1. The molecule has 0 aliphatic heterocycles. The highest BCUT2D eigenvalue weighted by Crippen LogP contribution is 2.21. The lowest BCUT2D eigenvalue weighted by Crippen LogP contribution is -2.32. The maximum atomic E-state index is 13.2. The maximum Gasteiger partial charge on any atom is 0.431 e. The number of nitrogens with one attached hydrogen (secondary N) is 1. The van der Waals surface area contributed by atoms with Crippen molar-refractivity contribution in [2.75, 3.05) is 0 Å². The number of rotatable bonds is 6. The summed E-state index contributed by atoms with van der Waals surface area (Å²) in [6, 6.07) is 25.1. The number of benzene rings is 3. The van der Waals surface area contributed by atoms with E-state index in [4.69, 9.17) is 9.57 Å². The zero-order chi connectivity index (χ0) is 20.8. The van der Waals surface area contributed by atoms with Crippen molar-refractivity contribution in [2.24, 2.45) is 0 Å². The highest BCUT2D eigenvalue weighted by atomic mass is 16.7. The van der Waals surface area contributed by atoms with Gasteiger partial charge in [-0.2, -0.15) is 10.2 Å². The van der Waals surface area contributed by atoms with Crippen molar-refractivity contribution in [1.29, 1.82) is 0 Å². The van der Waals surface area contributed by atoms with Crippen LogP contribution in [0.15, 0.2) is 84.9 Å². The van der Waals surface area contributed by atoms with Gasteiger partial charge >= 0.3 is 6.09 Å². The molecule has 0 saturated heterocycles. The summed E-state index contributed by atoms with van der Waals surface area (Å²) in [4.78, 5) is 30.7. The molecule has 1 N–H and O–H groups in total. The zero-order valence-electron chi connectivity index (χ0n) is 15.8. The number of hydroxylamine groups is 1. The Morgan fingerprint density at radius 2 is 1.57 bits per heavy atom. The van der Waals surface area contributed by atoms with Crippen LogP contribution in [0.1, 0.15) is 22.0 Å². The molecule has 3 aromatic carbocycles. The number of nitrogens with zero attached hydrogens (tertiary/aromatic N) is 3. The third-order valence-corrected chi connectivity index (χ3v) is 4.36. The van der Waals surface area contributed by atoms with Crippen molar-refractivity contribution in [1.82, 2.24) is 20.5 Å². The first kappa shape index (κ1) is 19.3. The molecule has 1 amide bonds. The second-order valence-electron chi connectivity index (χ2n) is 6.40. The van der Waals surface area contributed by atoms with Crippen molar-refractivity contribution in [2.45, 2.75) is 12.7 Å². The molecule has 0 radical (unpaired) electrons. The number of amides is 1. The summed E-state index contributed by atoms with van der Waals surface area (Å²) in [6.07, 6.45) is -1.95. The van der Waals surface area contributed by atoms with Crippen molar-refractivity contribution >= 4 is 23.0 Å². The summed E-state index contributed by atoms with van der Waals surface area (Å²) in [5.41, 5.74) is 4.69. The van der Waals surface area contributed by atoms with Crippen LogP contribution < -0.4 is 5.48 Å². The monoisotopic (exact) mass is 402 g/mol. The Labute approximate surface area is 172 Å². The first-order chi connectivity index (χ1) is 14.7. The van der Waals surface area contributed by atoms with Gasteiger partial charge in [-0.15, -0.1) is 5.10 Å². The molecule has 0 fully saturated rings. The van der Waals surface area contributed by atoms with Crippen molar-refractivity contribution < 1.29 is 19.2 Å². The van der Waals surface area contributed by atoms with Gasteiger partial charge in [-0.25, -0.2) is 4.79 Å². The first-order valence-corrected chi connectivity index (χ1v) is 9.24. The molecule has 4 aromatic rings. The number of carbonyl (C=O) groups is 2. The molecule has 0 aliphatic carbocycles. The lowest BCUT2D eigenvalue weighted by atomic mass is 10.1. The van der Waals surface area contributed by atoms with E-state index in [1.165, 1.54) is 0 Å². The van der Waals surface area contributed by atoms with Gasteiger partial charge in [0, 0.05) is 0 Å². The van der Waals surface area contributed by atoms with Crippen LogP contribution in [0.4, 0.5) is 4.79 Å². The number of hydrogen-bond donors (Lipinski definition) is 1. The van der Waals surface area contributed by atoms with Crippen LogP contribution in [0.5, 0.6) is 0 Å². The molecule has 0 spiro atoms. The quantitative estimate of drug-likeness (QED) is 0.495. The largest absolute Gasteiger partial charge is 0.443 e. The average Bonchev–Trinajstić information content (AvgIpc) is 3.23. The van der Waals surface area contributed by atoms with Gasteiger partial charge in [0.1, 0.15) is 12.1 Å². The summed E-state index contributed by atoms with van der Waals surface area (Å²) in [6.45, 7) is 0.0771. The second kappa shape index (κ2) is 8.97. The fraction of sp³-hybridized carbons (Fsp3) is 0.0909. The van der Waals surface area contributed by atoms with E-state index in [2.05, 4.69) is 15.8 Å². The van der Waals surface area contributed by atoms with Crippen LogP contribution in [-0.2, 0) is 16.2 Å². The fourth-order valence-corrected chi connectivity index (χ4v) is 2.89. The summed E-state index contributed by atoms with van der Waals surface area (Å²) >= 11 is 0. The third-order valence-electron chi connectivity index (χ3n) is 4.36. The normalized spacial score (nSPS) is 11.7. The smallest absolute Gasteiger partial charge is 0.431 e. The predicted octanol–water partition coefficient (Wildman–Crippen LogP) is 3.67. The highest BCUT2D eigenvalue weighted by Gasteiger charge is 2.27. The number of carbonyl (C=O) groups excluding carboxylic acids is 2. The van der Waals surface area contributed by atoms with Gasteiger partial charge < -0.3 is 4.74 Å². The number of ether oxygens (including phenoxy) is 1. The van der Waals surface area contributed by atoms with Crippen LogP contribution in [0.3, 0.4) is 0 Å². The maximum absolute atomic E-state index is 13.2. The van der Waals surface area contributed by atoms with Gasteiger partial charge in [0.15, 0.2) is 6.10 Å². The Morgan fingerprint density at radius 3 is 2.33 bits per heavy atom. The van der Waals surface area contributed by atoms with Gasteiger partial charge in [0.25, 0.3) is 5.91 Å². The third kappa shape index (κ3) is 4.34. The molecule has 0 saturated carbocycles. The Hall–Kier alpha value is -4.04. The van der Waals surface area contributed by atoms with Crippen LogP contribution >= 0.6 is 0 Å². The minimum atomic E-state index is -1.14. The predicted molar refractivity (Wildman–Crippen MR) is 108 cm³/mol. The van der Waals surface area contributed by atoms with E-state index in [0.29, 0.717) is 16.6 Å². The van der Waals surface area contributed by atoms with Crippen LogP contribution in [-0.4, -0.2) is 27.0 Å². The van der Waals surface area contributed by atoms with Crippen LogP contribution in [0.25, 0.3) is 11.0 Å². The van der Waals surface area contributed by atoms with Crippen LogP contribution in [0.2, 0.25) is 0 Å². The van der Waals surface area contributed by atoms with Gasteiger partial charge in [-0.3, -0.25) is 9.63 Å². The number of fused-ring (bicyclic) bond motifs is 1. The standard InChI is InChI=1S/C22H18N4O4/c27-21(26-19-14-8-7-13-18(19)23-25-26)20(17-11-5-2-6-12-17)30-24-22(28)29-15-16-9-3-1-4-10-16/h1-14,20H,15H2,(H,24,28)/t20-/m0/s1. The number of hydrogen-bond acceptors (Lipinski definition) is 6. The molecular weight excluding hydrogens is 384 g/mol. The second-order valence-corrected chi connectivity index (χ2v) is 6.40. The van der Waals surface area contributed by atoms with Crippen LogP contribution in [0, 0.1) is 0 Å². The molecule has 8 nitrogen and oxygen atoms in total. The Morgan fingerprint density at radius 1 is 0.900 bits per heavy atom. The molecular formula is C22H18N4O4. The first-order valence-electron chi connectivity index (χ1n) is 9.24. The molecule has 0 unspecified atom stereocenters. The minimum Gasteiger partial charge on any atom is -0.443 e. The topological polar surface area (TPSA) is 95.3 Å². The Kier molecular flexibility index (Phi) is 5.77. The summed E-state index contributed by atoms with van der Waals surface area (Å²) in [5.74, 6) is -0.502. The van der Waals surface area contributed by atoms with E-state index in [0.717, 1.165) is 10.2 Å². The molecule has 1 aromatic heterocycles. The molecule has 1 heterocycles. The van der Waals surface area contributed by atoms with E-state index < -0.39 is 18.1 Å².